The predicted molar refractivity (Wildman–Crippen MR) is 179 cm³/mol. The minimum absolute atomic E-state index is 0.00935. The Labute approximate surface area is 260 Å². The standard InChI is InChI=1S/C27H26N6O2S6/c1-36-26-30-16-12-10-14-20(22(16)40-26)38-24(28-14)32-18(34)8-6-4-3-5-7-9-19(35)33-25-29-15-11-13-17-23(21(15)39-25)41-27(31-17)37-2/h10-13H,3-9H2,1-2H3,(H,28,32,34)(H,29,33,35). The Bertz CT molecular complexity index is 1740. The highest BCUT2D eigenvalue weighted by Gasteiger charge is 2.15. The number of hydrogen-bond acceptors (Lipinski definition) is 12. The minimum atomic E-state index is -0.00935. The van der Waals surface area contributed by atoms with Crippen LogP contribution in [0.15, 0.2) is 32.9 Å². The number of anilines is 2. The number of nitrogens with zero attached hydrogens (tertiary/aromatic N) is 4. The fraction of sp³-hybridized carbons (Fsp3) is 0.333. The molecule has 14 heteroatoms. The summed E-state index contributed by atoms with van der Waals surface area (Å²) in [6.45, 7) is 0. The molecule has 0 spiro atoms. The molecule has 0 aliphatic heterocycles. The van der Waals surface area contributed by atoms with Crippen LogP contribution in [0.2, 0.25) is 0 Å². The Kier molecular flexibility index (Phi) is 9.03. The summed E-state index contributed by atoms with van der Waals surface area (Å²) >= 11 is 9.63. The van der Waals surface area contributed by atoms with Gasteiger partial charge in [-0.25, -0.2) is 19.9 Å². The number of nitrogens with one attached hydrogen (secondary N) is 2. The van der Waals surface area contributed by atoms with Gasteiger partial charge in [0.25, 0.3) is 0 Å². The number of thioether (sulfide) groups is 2. The van der Waals surface area contributed by atoms with E-state index >= 15 is 0 Å². The monoisotopic (exact) mass is 658 g/mol. The molecule has 0 aliphatic carbocycles. The van der Waals surface area contributed by atoms with Crippen molar-refractivity contribution in [3.8, 4) is 0 Å². The van der Waals surface area contributed by atoms with Gasteiger partial charge in [0, 0.05) is 12.8 Å². The van der Waals surface area contributed by atoms with Crippen molar-refractivity contribution in [1.29, 1.82) is 0 Å². The third-order valence-corrected chi connectivity index (χ3v) is 12.8. The van der Waals surface area contributed by atoms with Gasteiger partial charge < -0.3 is 10.6 Å². The summed E-state index contributed by atoms with van der Waals surface area (Å²) < 4.78 is 6.46. The molecule has 2 amide bonds. The number of hydrogen-bond donors (Lipinski definition) is 2. The molecule has 0 aliphatic rings. The average Bonchev–Trinajstić information content (AvgIpc) is 3.74. The maximum absolute atomic E-state index is 12.5. The van der Waals surface area contributed by atoms with E-state index < -0.39 is 0 Å². The number of aromatic nitrogens is 4. The van der Waals surface area contributed by atoms with Gasteiger partial charge in [-0.15, -0.1) is 22.7 Å². The maximum atomic E-state index is 12.5. The van der Waals surface area contributed by atoms with Gasteiger partial charge in [-0.3, -0.25) is 9.59 Å². The van der Waals surface area contributed by atoms with Crippen molar-refractivity contribution in [3.63, 3.8) is 0 Å². The van der Waals surface area contributed by atoms with Crippen LogP contribution in [0.5, 0.6) is 0 Å². The summed E-state index contributed by atoms with van der Waals surface area (Å²) in [4.78, 5) is 43.4. The first-order valence-electron chi connectivity index (χ1n) is 13.1. The largest absolute Gasteiger partial charge is 0.302 e. The molecule has 4 heterocycles. The molecule has 0 saturated heterocycles. The zero-order chi connectivity index (χ0) is 28.3. The Balaban J connectivity index is 0.903. The topological polar surface area (TPSA) is 110 Å². The zero-order valence-electron chi connectivity index (χ0n) is 22.3. The molecule has 6 rings (SSSR count). The van der Waals surface area contributed by atoms with E-state index in [4.69, 9.17) is 0 Å². The molecule has 0 atom stereocenters. The second-order valence-corrected chi connectivity index (χ2v) is 15.4. The molecule has 6 aromatic rings. The number of carbonyl (C=O) groups is 2. The molecule has 4 aromatic heterocycles. The Morgan fingerprint density at radius 1 is 0.585 bits per heavy atom. The third kappa shape index (κ3) is 6.52. The highest BCUT2D eigenvalue weighted by atomic mass is 32.2. The summed E-state index contributed by atoms with van der Waals surface area (Å²) in [5.41, 5.74) is 3.74. The lowest BCUT2D eigenvalue weighted by molar-refractivity contribution is -0.117. The van der Waals surface area contributed by atoms with E-state index in [-0.39, 0.29) is 11.8 Å². The van der Waals surface area contributed by atoms with Gasteiger partial charge in [0.05, 0.1) is 40.9 Å². The van der Waals surface area contributed by atoms with Crippen LogP contribution in [0.1, 0.15) is 44.9 Å². The van der Waals surface area contributed by atoms with Gasteiger partial charge in [-0.1, -0.05) is 65.5 Å². The average molecular weight is 659 g/mol. The van der Waals surface area contributed by atoms with Crippen molar-refractivity contribution in [2.75, 3.05) is 23.1 Å². The number of rotatable bonds is 12. The molecule has 0 saturated carbocycles. The SMILES string of the molecule is CSc1nc2ccc3nc(NC(=O)CCCCCCCC(=O)Nc4nc5ccc6nc(SC)sc6c5s4)sc3c2s1. The first-order chi connectivity index (χ1) is 20.0. The molecule has 2 N–H and O–H groups in total. The van der Waals surface area contributed by atoms with Crippen molar-refractivity contribution in [2.45, 2.75) is 53.6 Å². The van der Waals surface area contributed by atoms with Crippen LogP contribution in [0.25, 0.3) is 40.9 Å². The van der Waals surface area contributed by atoms with E-state index in [9.17, 15) is 9.59 Å². The van der Waals surface area contributed by atoms with Crippen molar-refractivity contribution in [3.05, 3.63) is 24.3 Å². The highest BCUT2D eigenvalue weighted by molar-refractivity contribution is 8.00. The van der Waals surface area contributed by atoms with Crippen LogP contribution in [0.3, 0.4) is 0 Å². The van der Waals surface area contributed by atoms with Gasteiger partial charge in [0.2, 0.25) is 11.8 Å². The Morgan fingerprint density at radius 2 is 0.951 bits per heavy atom. The number of amides is 2. The molecule has 0 bridgehead atoms. The molecule has 41 heavy (non-hydrogen) atoms. The summed E-state index contributed by atoms with van der Waals surface area (Å²) in [5.74, 6) is -0.0187. The maximum Gasteiger partial charge on any atom is 0.226 e. The number of thiazole rings is 4. The van der Waals surface area contributed by atoms with Crippen LogP contribution in [-0.2, 0) is 9.59 Å². The van der Waals surface area contributed by atoms with Gasteiger partial charge in [-0.2, -0.15) is 0 Å². The fourth-order valence-electron chi connectivity index (χ4n) is 4.45. The van der Waals surface area contributed by atoms with Gasteiger partial charge >= 0.3 is 0 Å². The van der Waals surface area contributed by atoms with Crippen molar-refractivity contribution >= 4 is 132 Å². The van der Waals surface area contributed by atoms with Crippen LogP contribution in [-0.4, -0.2) is 44.3 Å². The summed E-state index contributed by atoms with van der Waals surface area (Å²) in [5, 5.41) is 7.20. The van der Waals surface area contributed by atoms with E-state index in [0.717, 1.165) is 81.6 Å². The number of benzene rings is 2. The first-order valence-corrected chi connectivity index (χ1v) is 18.8. The van der Waals surface area contributed by atoms with E-state index in [2.05, 4.69) is 30.6 Å². The van der Waals surface area contributed by atoms with E-state index in [0.29, 0.717) is 23.1 Å². The van der Waals surface area contributed by atoms with Crippen molar-refractivity contribution in [2.24, 2.45) is 0 Å². The van der Waals surface area contributed by atoms with Crippen molar-refractivity contribution in [1.82, 2.24) is 19.9 Å². The van der Waals surface area contributed by atoms with Gasteiger partial charge in [0.1, 0.15) is 0 Å². The van der Waals surface area contributed by atoms with Gasteiger partial charge in [0.15, 0.2) is 18.9 Å². The predicted octanol–water partition coefficient (Wildman–Crippen LogP) is 8.88. The first kappa shape index (κ1) is 28.7. The van der Waals surface area contributed by atoms with Gasteiger partial charge in [-0.05, 0) is 49.6 Å². The summed E-state index contributed by atoms with van der Waals surface area (Å²) in [7, 11) is 0. The van der Waals surface area contributed by atoms with E-state index in [1.807, 2.05) is 36.8 Å². The Morgan fingerprint density at radius 3 is 1.37 bits per heavy atom. The molecular formula is C27H26N6O2S6. The van der Waals surface area contributed by atoms with E-state index in [1.54, 1.807) is 46.2 Å². The Hall–Kier alpha value is -2.36. The quantitative estimate of drug-likeness (QED) is 0.0991. The molecule has 8 nitrogen and oxygen atoms in total. The molecule has 0 radical (unpaired) electrons. The highest BCUT2D eigenvalue weighted by Crippen LogP contribution is 2.39. The summed E-state index contributed by atoms with van der Waals surface area (Å²) in [6.07, 6.45) is 9.50. The van der Waals surface area contributed by atoms with Crippen LogP contribution >= 0.6 is 68.9 Å². The van der Waals surface area contributed by atoms with E-state index in [1.165, 1.54) is 22.7 Å². The van der Waals surface area contributed by atoms with Crippen LogP contribution in [0.4, 0.5) is 10.3 Å². The number of unbranched alkanes of at least 4 members (excludes halogenated alkanes) is 4. The number of fused-ring (bicyclic) bond motifs is 6. The second-order valence-electron chi connectivity index (χ2n) is 9.29. The third-order valence-electron chi connectivity index (χ3n) is 6.43. The summed E-state index contributed by atoms with van der Waals surface area (Å²) in [6, 6.07) is 7.91. The van der Waals surface area contributed by atoms with Crippen LogP contribution < -0.4 is 10.6 Å². The lowest BCUT2D eigenvalue weighted by atomic mass is 10.1. The molecule has 0 fully saturated rings. The zero-order valence-corrected chi connectivity index (χ0v) is 27.2. The fourth-order valence-corrected chi connectivity index (χ4v) is 9.80. The molecule has 2 aromatic carbocycles. The smallest absolute Gasteiger partial charge is 0.226 e. The van der Waals surface area contributed by atoms with Crippen molar-refractivity contribution < 1.29 is 9.59 Å². The second kappa shape index (κ2) is 12.9. The van der Waals surface area contributed by atoms with Crippen LogP contribution in [0, 0.1) is 0 Å². The lowest BCUT2D eigenvalue weighted by Crippen LogP contribution is -2.11. The normalized spacial score (nSPS) is 11.8. The molecule has 0 unspecified atom stereocenters. The minimum Gasteiger partial charge on any atom is -0.302 e. The molecule has 212 valence electrons. The lowest BCUT2D eigenvalue weighted by Gasteiger charge is -2.03. The molecular weight excluding hydrogens is 633 g/mol. The number of carbonyl (C=O) groups excluding carboxylic acids is 2.